The van der Waals surface area contributed by atoms with Crippen LogP contribution in [0.3, 0.4) is 0 Å². The number of nitriles is 1. The fourth-order valence-electron chi connectivity index (χ4n) is 3.84. The van der Waals surface area contributed by atoms with Crippen LogP contribution in [-0.4, -0.2) is 29.7 Å². The van der Waals surface area contributed by atoms with Gasteiger partial charge in [-0.3, -0.25) is 9.59 Å². The summed E-state index contributed by atoms with van der Waals surface area (Å²) in [5.41, 5.74) is 1.67. The van der Waals surface area contributed by atoms with Gasteiger partial charge in [-0.05, 0) is 42.7 Å². The summed E-state index contributed by atoms with van der Waals surface area (Å²) in [6.07, 6.45) is 1.53. The Kier molecular flexibility index (Phi) is 4.09. The van der Waals surface area contributed by atoms with E-state index in [0.717, 1.165) is 18.4 Å². The fourth-order valence-corrected chi connectivity index (χ4v) is 4.16. The van der Waals surface area contributed by atoms with Crippen molar-refractivity contribution in [3.8, 4) is 6.07 Å². The van der Waals surface area contributed by atoms with Crippen molar-refractivity contribution in [2.24, 2.45) is 0 Å². The summed E-state index contributed by atoms with van der Waals surface area (Å²) in [6, 6.07) is 10.9. The number of rotatable bonds is 4. The van der Waals surface area contributed by atoms with Gasteiger partial charge in [-0.15, -0.1) is 0 Å². The lowest BCUT2D eigenvalue weighted by Gasteiger charge is -2.22. The van der Waals surface area contributed by atoms with E-state index in [0.29, 0.717) is 32.5 Å². The van der Waals surface area contributed by atoms with Crippen LogP contribution in [-0.2, 0) is 16.8 Å². The van der Waals surface area contributed by atoms with Crippen LogP contribution in [0.2, 0.25) is 5.02 Å². The maximum Gasteiger partial charge on any atom is 0.323 e. The number of anilines is 1. The number of aliphatic carboxylic acids is 1. The third kappa shape index (κ3) is 2.62. The van der Waals surface area contributed by atoms with Crippen LogP contribution in [0.4, 0.5) is 5.69 Å². The minimum absolute atomic E-state index is 0.181. The number of carboxylic acids is 1. The smallest absolute Gasteiger partial charge is 0.323 e. The molecule has 0 amide bonds. The maximum absolute atomic E-state index is 13.2. The molecule has 142 valence electrons. The van der Waals surface area contributed by atoms with Gasteiger partial charge in [0, 0.05) is 24.9 Å². The zero-order valence-corrected chi connectivity index (χ0v) is 16.2. The quantitative estimate of drug-likeness (QED) is 0.683. The Morgan fingerprint density at radius 3 is 2.54 bits per heavy atom. The minimum Gasteiger partial charge on any atom is -0.480 e. The van der Waals surface area contributed by atoms with E-state index in [9.17, 15) is 20.0 Å². The lowest BCUT2D eigenvalue weighted by Crippen LogP contribution is -2.20. The molecule has 1 aromatic heterocycles. The Labute approximate surface area is 166 Å². The first-order chi connectivity index (χ1) is 13.3. The van der Waals surface area contributed by atoms with E-state index in [1.54, 1.807) is 53.9 Å². The second-order valence-corrected chi connectivity index (χ2v) is 7.83. The van der Waals surface area contributed by atoms with Gasteiger partial charge < -0.3 is 14.6 Å². The number of pyridine rings is 1. The number of halogens is 1. The third-order valence-electron chi connectivity index (χ3n) is 5.41. The summed E-state index contributed by atoms with van der Waals surface area (Å²) in [4.78, 5) is 26.6. The van der Waals surface area contributed by atoms with E-state index in [4.69, 9.17) is 11.6 Å². The molecule has 1 saturated carbocycles. The van der Waals surface area contributed by atoms with Gasteiger partial charge in [0.05, 0.1) is 33.2 Å². The molecule has 7 heteroatoms. The van der Waals surface area contributed by atoms with Crippen molar-refractivity contribution in [2.75, 3.05) is 19.0 Å². The molecule has 0 spiro atoms. The van der Waals surface area contributed by atoms with Gasteiger partial charge in [-0.25, -0.2) is 0 Å². The summed E-state index contributed by atoms with van der Waals surface area (Å²) >= 11 is 6.40. The molecular weight excluding hydrogens is 378 g/mol. The van der Waals surface area contributed by atoms with E-state index in [1.165, 1.54) is 0 Å². The van der Waals surface area contributed by atoms with Crippen molar-refractivity contribution in [3.05, 3.63) is 51.1 Å². The Morgan fingerprint density at radius 1 is 1.29 bits per heavy atom. The highest BCUT2D eigenvalue weighted by atomic mass is 35.5. The first kappa shape index (κ1) is 18.3. The average molecular weight is 396 g/mol. The first-order valence-corrected chi connectivity index (χ1v) is 9.26. The van der Waals surface area contributed by atoms with Crippen LogP contribution in [0.1, 0.15) is 18.4 Å². The number of carboxylic acid groups (broad SMARTS) is 1. The number of carbonyl (C=O) groups is 1. The SMILES string of the molecule is CN(C)c1c(Cl)ccc2c(=O)c3ccc(C4(C#N)CC4)cc3n(CC(=O)O)c12. The van der Waals surface area contributed by atoms with Gasteiger partial charge in [-0.2, -0.15) is 5.26 Å². The molecule has 0 bridgehead atoms. The highest BCUT2D eigenvalue weighted by molar-refractivity contribution is 6.35. The maximum atomic E-state index is 13.2. The molecule has 3 aromatic rings. The number of hydrogen-bond donors (Lipinski definition) is 1. The average Bonchev–Trinajstić information content (AvgIpc) is 3.45. The lowest BCUT2D eigenvalue weighted by atomic mass is 9.95. The largest absolute Gasteiger partial charge is 0.480 e. The van der Waals surface area contributed by atoms with Crippen molar-refractivity contribution < 1.29 is 9.90 Å². The van der Waals surface area contributed by atoms with Crippen molar-refractivity contribution >= 4 is 45.1 Å². The van der Waals surface area contributed by atoms with Crippen LogP contribution in [0.25, 0.3) is 21.8 Å². The van der Waals surface area contributed by atoms with Crippen LogP contribution in [0.5, 0.6) is 0 Å². The highest BCUT2D eigenvalue weighted by Gasteiger charge is 2.45. The molecule has 1 aliphatic rings. The number of aromatic nitrogens is 1. The van der Waals surface area contributed by atoms with Crippen molar-refractivity contribution in [3.63, 3.8) is 0 Å². The predicted molar refractivity (Wildman–Crippen MR) is 109 cm³/mol. The summed E-state index contributed by atoms with van der Waals surface area (Å²) < 4.78 is 1.62. The van der Waals surface area contributed by atoms with E-state index in [-0.39, 0.29) is 12.0 Å². The molecule has 28 heavy (non-hydrogen) atoms. The number of nitrogens with zero attached hydrogens (tertiary/aromatic N) is 3. The molecule has 4 rings (SSSR count). The first-order valence-electron chi connectivity index (χ1n) is 8.89. The third-order valence-corrected chi connectivity index (χ3v) is 5.71. The van der Waals surface area contributed by atoms with Gasteiger partial charge in [0.2, 0.25) is 0 Å². The lowest BCUT2D eigenvalue weighted by molar-refractivity contribution is -0.137. The Hall–Kier alpha value is -3.04. The van der Waals surface area contributed by atoms with E-state index < -0.39 is 11.4 Å². The minimum atomic E-state index is -1.03. The highest BCUT2D eigenvalue weighted by Crippen LogP contribution is 2.48. The summed E-state index contributed by atoms with van der Waals surface area (Å²) in [5.74, 6) is -1.03. The van der Waals surface area contributed by atoms with Gasteiger partial charge in [0.1, 0.15) is 6.54 Å². The molecule has 1 fully saturated rings. The molecule has 2 aromatic carbocycles. The van der Waals surface area contributed by atoms with Crippen LogP contribution in [0, 0.1) is 11.3 Å². The van der Waals surface area contributed by atoms with Crippen molar-refractivity contribution in [2.45, 2.75) is 24.8 Å². The van der Waals surface area contributed by atoms with Crippen LogP contribution < -0.4 is 10.3 Å². The number of fused-ring (bicyclic) bond motifs is 2. The van der Waals surface area contributed by atoms with Crippen LogP contribution in [0.15, 0.2) is 35.1 Å². The van der Waals surface area contributed by atoms with Crippen molar-refractivity contribution in [1.29, 1.82) is 5.26 Å². The van der Waals surface area contributed by atoms with Gasteiger partial charge in [0.15, 0.2) is 5.43 Å². The van der Waals surface area contributed by atoms with Crippen molar-refractivity contribution in [1.82, 2.24) is 4.57 Å². The molecular formula is C21H18ClN3O3. The second-order valence-electron chi connectivity index (χ2n) is 7.42. The molecule has 0 radical (unpaired) electrons. The zero-order valence-electron chi connectivity index (χ0n) is 15.5. The van der Waals surface area contributed by atoms with Gasteiger partial charge in [-0.1, -0.05) is 17.7 Å². The topological polar surface area (TPSA) is 86.3 Å². The molecule has 1 N–H and O–H groups in total. The van der Waals surface area contributed by atoms with E-state index in [2.05, 4.69) is 6.07 Å². The van der Waals surface area contributed by atoms with Gasteiger partial charge >= 0.3 is 5.97 Å². The fraction of sp³-hybridized carbons (Fsp3) is 0.286. The molecule has 0 saturated heterocycles. The number of benzene rings is 2. The Morgan fingerprint density at radius 2 is 1.96 bits per heavy atom. The van der Waals surface area contributed by atoms with Gasteiger partial charge in [0.25, 0.3) is 0 Å². The molecule has 0 aliphatic heterocycles. The van der Waals surface area contributed by atoms with E-state index >= 15 is 0 Å². The summed E-state index contributed by atoms with van der Waals surface area (Å²) in [7, 11) is 3.59. The monoisotopic (exact) mass is 395 g/mol. The van der Waals surface area contributed by atoms with Crippen LogP contribution >= 0.6 is 11.6 Å². The molecule has 1 aliphatic carbocycles. The molecule has 0 unspecified atom stereocenters. The second kappa shape index (κ2) is 6.25. The number of hydrogen-bond acceptors (Lipinski definition) is 4. The standard InChI is InChI=1S/C21H18ClN3O3/c1-24(2)19-15(22)6-5-14-18(19)25(10-17(26)27)16-9-12(21(11-23)7-8-21)3-4-13(16)20(14)28/h3-6,9H,7-8,10H2,1-2H3,(H,26,27). The normalized spacial score (nSPS) is 14.8. The Bertz CT molecular complexity index is 1250. The molecule has 0 atom stereocenters. The van der Waals surface area contributed by atoms with E-state index in [1.807, 2.05) is 0 Å². The zero-order chi connectivity index (χ0) is 20.2. The molecule has 6 nitrogen and oxygen atoms in total. The Balaban J connectivity index is 2.21. The summed E-state index contributed by atoms with van der Waals surface area (Å²) in [5, 5.41) is 20.4. The summed E-state index contributed by atoms with van der Waals surface area (Å²) in [6.45, 7) is -0.322. The molecule has 1 heterocycles. The predicted octanol–water partition coefficient (Wildman–Crippen LogP) is 3.51.